The quantitative estimate of drug-likeness (QED) is 0.853. The summed E-state index contributed by atoms with van der Waals surface area (Å²) in [6.07, 6.45) is 2.95. The Morgan fingerprint density at radius 3 is 2.58 bits per heavy atom. The maximum absolute atomic E-state index is 12.0. The molecule has 1 aromatic heterocycles. The van der Waals surface area contributed by atoms with Gasteiger partial charge in [-0.2, -0.15) is 0 Å². The minimum Gasteiger partial charge on any atom is -0.396 e. The number of hydrogen-bond acceptors (Lipinski definition) is 5. The molecule has 5 nitrogen and oxygen atoms in total. The van der Waals surface area contributed by atoms with E-state index in [4.69, 9.17) is 5.11 Å². The van der Waals surface area contributed by atoms with Crippen LogP contribution in [0.4, 0.5) is 5.13 Å². The molecule has 19 heavy (non-hydrogen) atoms. The molecule has 0 aliphatic heterocycles. The average molecular weight is 298 g/mol. The number of aromatic nitrogens is 1. The van der Waals surface area contributed by atoms with Gasteiger partial charge >= 0.3 is 0 Å². The van der Waals surface area contributed by atoms with Gasteiger partial charge in [0.25, 0.3) is 10.0 Å². The highest BCUT2D eigenvalue weighted by atomic mass is 32.2. The van der Waals surface area contributed by atoms with Crippen molar-refractivity contribution in [2.45, 2.75) is 17.7 Å². The fourth-order valence-corrected chi connectivity index (χ4v) is 3.35. The highest BCUT2D eigenvalue weighted by Crippen LogP contribution is 2.18. The van der Waals surface area contributed by atoms with Crippen molar-refractivity contribution in [3.05, 3.63) is 41.4 Å². The number of benzene rings is 1. The van der Waals surface area contributed by atoms with Crippen LogP contribution in [0, 0.1) is 0 Å². The third kappa shape index (κ3) is 3.76. The molecular weight excluding hydrogens is 284 g/mol. The summed E-state index contributed by atoms with van der Waals surface area (Å²) in [6, 6.07) is 6.63. The predicted molar refractivity (Wildman–Crippen MR) is 74.8 cm³/mol. The Bertz CT molecular complexity index is 607. The Balaban J connectivity index is 2.12. The van der Waals surface area contributed by atoms with Crippen molar-refractivity contribution in [3.63, 3.8) is 0 Å². The number of aryl methyl sites for hydroxylation is 1. The fourth-order valence-electron chi connectivity index (χ4n) is 1.57. The zero-order valence-corrected chi connectivity index (χ0v) is 11.7. The summed E-state index contributed by atoms with van der Waals surface area (Å²) >= 11 is 1.23. The summed E-state index contributed by atoms with van der Waals surface area (Å²) in [5.41, 5.74) is 1.00. The summed E-state index contributed by atoms with van der Waals surface area (Å²) in [6.45, 7) is 0.131. The van der Waals surface area contributed by atoms with E-state index in [0.717, 1.165) is 12.0 Å². The van der Waals surface area contributed by atoms with Gasteiger partial charge in [0.2, 0.25) is 0 Å². The van der Waals surface area contributed by atoms with Crippen molar-refractivity contribution in [3.8, 4) is 0 Å². The molecule has 1 heterocycles. The number of anilines is 1. The van der Waals surface area contributed by atoms with E-state index >= 15 is 0 Å². The smallest absolute Gasteiger partial charge is 0.263 e. The van der Waals surface area contributed by atoms with Gasteiger partial charge in [0.1, 0.15) is 0 Å². The Morgan fingerprint density at radius 2 is 2.00 bits per heavy atom. The molecule has 0 amide bonds. The van der Waals surface area contributed by atoms with Gasteiger partial charge < -0.3 is 5.11 Å². The first kappa shape index (κ1) is 14.0. The first-order valence-electron chi connectivity index (χ1n) is 5.74. The van der Waals surface area contributed by atoms with Gasteiger partial charge in [-0.25, -0.2) is 13.4 Å². The number of thiazole rings is 1. The normalized spacial score (nSPS) is 11.4. The molecule has 2 aromatic rings. The second-order valence-corrected chi connectivity index (χ2v) is 6.49. The zero-order chi connectivity index (χ0) is 13.7. The molecule has 102 valence electrons. The van der Waals surface area contributed by atoms with E-state index in [9.17, 15) is 8.42 Å². The lowest BCUT2D eigenvalue weighted by molar-refractivity contribution is 0.288. The molecule has 7 heteroatoms. The summed E-state index contributed by atoms with van der Waals surface area (Å²) in [4.78, 5) is 4.09. The second-order valence-electron chi connectivity index (χ2n) is 3.91. The van der Waals surface area contributed by atoms with Crippen molar-refractivity contribution in [1.29, 1.82) is 0 Å². The van der Waals surface area contributed by atoms with Crippen LogP contribution in [0.25, 0.3) is 0 Å². The summed E-state index contributed by atoms with van der Waals surface area (Å²) in [5, 5.41) is 10.8. The average Bonchev–Trinajstić information content (AvgIpc) is 2.89. The minimum absolute atomic E-state index is 0.131. The van der Waals surface area contributed by atoms with E-state index in [-0.39, 0.29) is 11.5 Å². The summed E-state index contributed by atoms with van der Waals surface area (Å²) in [7, 11) is -3.57. The van der Waals surface area contributed by atoms with Gasteiger partial charge in [-0.3, -0.25) is 4.72 Å². The lowest BCUT2D eigenvalue weighted by Gasteiger charge is -2.06. The minimum atomic E-state index is -3.57. The molecule has 0 spiro atoms. The van der Waals surface area contributed by atoms with Crippen LogP contribution in [0.5, 0.6) is 0 Å². The van der Waals surface area contributed by atoms with E-state index in [1.165, 1.54) is 11.3 Å². The molecule has 0 aliphatic rings. The highest BCUT2D eigenvalue weighted by Gasteiger charge is 2.14. The molecule has 0 unspecified atom stereocenters. The van der Waals surface area contributed by atoms with Gasteiger partial charge in [-0.05, 0) is 30.5 Å². The van der Waals surface area contributed by atoms with Crippen LogP contribution in [0.1, 0.15) is 12.0 Å². The number of sulfonamides is 1. The molecule has 0 radical (unpaired) electrons. The van der Waals surface area contributed by atoms with E-state index in [0.29, 0.717) is 11.6 Å². The molecule has 2 rings (SSSR count). The Hall–Kier alpha value is -1.44. The van der Waals surface area contributed by atoms with E-state index in [1.54, 1.807) is 35.8 Å². The van der Waals surface area contributed by atoms with Crippen molar-refractivity contribution in [2.75, 3.05) is 11.3 Å². The monoisotopic (exact) mass is 298 g/mol. The van der Waals surface area contributed by atoms with Crippen LogP contribution in [-0.4, -0.2) is 25.1 Å². The lowest BCUT2D eigenvalue weighted by Crippen LogP contribution is -2.12. The molecule has 0 saturated heterocycles. The van der Waals surface area contributed by atoms with Crippen LogP contribution >= 0.6 is 11.3 Å². The second kappa shape index (κ2) is 6.14. The summed E-state index contributed by atoms with van der Waals surface area (Å²) in [5.74, 6) is 0. The van der Waals surface area contributed by atoms with Gasteiger partial charge in [0.05, 0.1) is 4.90 Å². The number of hydrogen-bond donors (Lipinski definition) is 2. The number of rotatable bonds is 6. The maximum Gasteiger partial charge on any atom is 0.263 e. The Labute approximate surface area is 116 Å². The van der Waals surface area contributed by atoms with Crippen LogP contribution in [0.3, 0.4) is 0 Å². The molecule has 1 aromatic carbocycles. The molecule has 0 saturated carbocycles. The van der Waals surface area contributed by atoms with Crippen LogP contribution in [0.2, 0.25) is 0 Å². The lowest BCUT2D eigenvalue weighted by atomic mass is 10.1. The topological polar surface area (TPSA) is 79.3 Å². The first-order valence-corrected chi connectivity index (χ1v) is 8.10. The van der Waals surface area contributed by atoms with E-state index < -0.39 is 10.0 Å². The van der Waals surface area contributed by atoms with Crippen molar-refractivity contribution in [2.24, 2.45) is 0 Å². The Morgan fingerprint density at radius 1 is 1.26 bits per heavy atom. The van der Waals surface area contributed by atoms with Gasteiger partial charge in [-0.15, -0.1) is 11.3 Å². The van der Waals surface area contributed by atoms with E-state index in [1.807, 2.05) is 0 Å². The van der Waals surface area contributed by atoms with Crippen molar-refractivity contribution < 1.29 is 13.5 Å². The van der Waals surface area contributed by atoms with Crippen LogP contribution in [-0.2, 0) is 16.4 Å². The number of aliphatic hydroxyl groups excluding tert-OH is 1. The number of aliphatic hydroxyl groups is 1. The first-order chi connectivity index (χ1) is 9.12. The third-order valence-corrected chi connectivity index (χ3v) is 4.68. The molecule has 0 bridgehead atoms. The van der Waals surface area contributed by atoms with Crippen LogP contribution in [0.15, 0.2) is 40.7 Å². The van der Waals surface area contributed by atoms with E-state index in [2.05, 4.69) is 9.71 Å². The SMILES string of the molecule is O=S(=O)(Nc1nccs1)c1ccc(CCCO)cc1. The molecule has 0 aliphatic carbocycles. The van der Waals surface area contributed by atoms with Crippen LogP contribution < -0.4 is 4.72 Å². The number of nitrogens with one attached hydrogen (secondary N) is 1. The summed E-state index contributed by atoms with van der Waals surface area (Å²) < 4.78 is 26.5. The third-order valence-electron chi connectivity index (χ3n) is 2.51. The highest BCUT2D eigenvalue weighted by molar-refractivity contribution is 7.93. The standard InChI is InChI=1S/C12H14N2O3S2/c15-8-1-2-10-3-5-11(6-4-10)19(16,17)14-12-13-7-9-18-12/h3-7,9,15H,1-2,8H2,(H,13,14). The maximum atomic E-state index is 12.0. The fraction of sp³-hybridized carbons (Fsp3) is 0.250. The molecule has 0 atom stereocenters. The molecule has 2 N–H and O–H groups in total. The largest absolute Gasteiger partial charge is 0.396 e. The molecular formula is C12H14N2O3S2. The number of nitrogens with zero attached hydrogens (tertiary/aromatic N) is 1. The zero-order valence-electron chi connectivity index (χ0n) is 10.1. The molecule has 0 fully saturated rings. The van der Waals surface area contributed by atoms with Crippen molar-refractivity contribution in [1.82, 2.24) is 4.98 Å². The Kier molecular flexibility index (Phi) is 4.52. The van der Waals surface area contributed by atoms with Gasteiger partial charge in [0, 0.05) is 18.2 Å². The van der Waals surface area contributed by atoms with Crippen molar-refractivity contribution >= 4 is 26.5 Å². The van der Waals surface area contributed by atoms with Gasteiger partial charge in [-0.1, -0.05) is 12.1 Å². The van der Waals surface area contributed by atoms with Gasteiger partial charge in [0.15, 0.2) is 5.13 Å². The predicted octanol–water partition coefficient (Wildman–Crippen LogP) is 1.87.